The second kappa shape index (κ2) is 7.06. The van der Waals surface area contributed by atoms with E-state index in [-0.39, 0.29) is 34.6 Å². The largest absolute Gasteiger partial charge is 0.395 e. The molecule has 0 radical (unpaired) electrons. The summed E-state index contributed by atoms with van der Waals surface area (Å²) in [5.41, 5.74) is 0. The van der Waals surface area contributed by atoms with Crippen molar-refractivity contribution in [2.24, 2.45) is 0 Å². The summed E-state index contributed by atoms with van der Waals surface area (Å²) in [7, 11) is -3.89. The van der Waals surface area contributed by atoms with Gasteiger partial charge in [0.15, 0.2) is 0 Å². The van der Waals surface area contributed by atoms with Crippen LogP contribution in [0.25, 0.3) is 0 Å². The molecule has 4 nitrogen and oxygen atoms in total. The third-order valence-corrected chi connectivity index (χ3v) is 5.49. The van der Waals surface area contributed by atoms with Crippen molar-refractivity contribution in [2.75, 3.05) is 19.7 Å². The van der Waals surface area contributed by atoms with Gasteiger partial charge in [0.05, 0.1) is 16.7 Å². The molecule has 0 bridgehead atoms. The van der Waals surface area contributed by atoms with Gasteiger partial charge in [-0.25, -0.2) is 8.42 Å². The first-order chi connectivity index (χ1) is 8.84. The summed E-state index contributed by atoms with van der Waals surface area (Å²) >= 11 is 15.1. The van der Waals surface area contributed by atoms with Gasteiger partial charge in [-0.3, -0.25) is 0 Å². The van der Waals surface area contributed by atoms with E-state index in [1.165, 1.54) is 18.2 Å². The fraction of sp³-hybridized carbons (Fsp3) is 0.273. The Morgan fingerprint density at radius 2 is 1.89 bits per heavy atom. The highest BCUT2D eigenvalue weighted by Crippen LogP contribution is 2.34. The first kappa shape index (κ1) is 16.9. The van der Waals surface area contributed by atoms with Crippen molar-refractivity contribution in [3.63, 3.8) is 0 Å². The van der Waals surface area contributed by atoms with Gasteiger partial charge in [0.2, 0.25) is 10.0 Å². The zero-order valence-electron chi connectivity index (χ0n) is 9.81. The fourth-order valence-electron chi connectivity index (χ4n) is 1.47. The third kappa shape index (κ3) is 3.93. The minimum atomic E-state index is -3.89. The van der Waals surface area contributed by atoms with E-state index < -0.39 is 10.0 Å². The molecular formula is C11H12BrCl2NO3S. The Hall–Kier alpha value is -0.110. The molecule has 1 aromatic rings. The molecule has 0 heterocycles. The molecular weight excluding hydrogens is 377 g/mol. The van der Waals surface area contributed by atoms with E-state index in [1.807, 2.05) is 0 Å². The van der Waals surface area contributed by atoms with Gasteiger partial charge in [0, 0.05) is 17.6 Å². The van der Waals surface area contributed by atoms with Gasteiger partial charge in [-0.1, -0.05) is 45.2 Å². The Morgan fingerprint density at radius 3 is 2.32 bits per heavy atom. The van der Waals surface area contributed by atoms with Gasteiger partial charge in [-0.05, 0) is 12.1 Å². The van der Waals surface area contributed by atoms with Crippen LogP contribution < -0.4 is 0 Å². The zero-order valence-corrected chi connectivity index (χ0v) is 13.7. The first-order valence-corrected chi connectivity index (χ1v) is 8.20. The van der Waals surface area contributed by atoms with Crippen LogP contribution in [-0.4, -0.2) is 37.5 Å². The van der Waals surface area contributed by atoms with Gasteiger partial charge in [-0.2, -0.15) is 4.31 Å². The molecule has 0 aliphatic carbocycles. The monoisotopic (exact) mass is 387 g/mol. The lowest BCUT2D eigenvalue weighted by Crippen LogP contribution is -2.34. The highest BCUT2D eigenvalue weighted by molar-refractivity contribution is 9.10. The lowest BCUT2D eigenvalue weighted by molar-refractivity contribution is 0.260. The molecule has 8 heteroatoms. The van der Waals surface area contributed by atoms with Gasteiger partial charge in [0.1, 0.15) is 4.90 Å². The Kier molecular flexibility index (Phi) is 6.29. The average Bonchev–Trinajstić information content (AvgIpc) is 2.26. The van der Waals surface area contributed by atoms with Crippen molar-refractivity contribution in [1.29, 1.82) is 0 Å². The molecule has 0 atom stereocenters. The van der Waals surface area contributed by atoms with Crippen LogP contribution in [0.15, 0.2) is 34.2 Å². The topological polar surface area (TPSA) is 57.6 Å². The van der Waals surface area contributed by atoms with E-state index in [9.17, 15) is 8.42 Å². The van der Waals surface area contributed by atoms with E-state index in [1.54, 1.807) is 0 Å². The Bertz CT molecular complexity index is 554. The fourth-order valence-corrected chi connectivity index (χ4v) is 4.76. The Labute approximate surface area is 130 Å². The number of sulfonamides is 1. The molecule has 0 aliphatic heterocycles. The maximum Gasteiger partial charge on any atom is 0.246 e. The summed E-state index contributed by atoms with van der Waals surface area (Å²) in [4.78, 5) is -0.172. The minimum Gasteiger partial charge on any atom is -0.395 e. The number of rotatable bonds is 6. The lowest BCUT2D eigenvalue weighted by atomic mass is 10.4. The molecule has 19 heavy (non-hydrogen) atoms. The van der Waals surface area contributed by atoms with Crippen LogP contribution in [0.4, 0.5) is 0 Å². The van der Waals surface area contributed by atoms with Crippen LogP contribution in [0.2, 0.25) is 10.0 Å². The lowest BCUT2D eigenvalue weighted by Gasteiger charge is -2.21. The second-order valence-corrected chi connectivity index (χ2v) is 7.18. The number of nitrogens with zero attached hydrogens (tertiary/aromatic N) is 1. The van der Waals surface area contributed by atoms with Gasteiger partial charge < -0.3 is 5.11 Å². The molecule has 0 saturated carbocycles. The SMILES string of the molecule is C=CCN(CCO)S(=O)(=O)c1c(Cl)cc(Br)cc1Cl. The molecule has 1 aromatic carbocycles. The van der Waals surface area contributed by atoms with E-state index in [2.05, 4.69) is 22.5 Å². The zero-order chi connectivity index (χ0) is 14.6. The van der Waals surface area contributed by atoms with Crippen molar-refractivity contribution in [1.82, 2.24) is 4.31 Å². The van der Waals surface area contributed by atoms with Crippen molar-refractivity contribution in [3.05, 3.63) is 39.3 Å². The highest BCUT2D eigenvalue weighted by Gasteiger charge is 2.28. The Morgan fingerprint density at radius 1 is 1.37 bits per heavy atom. The average molecular weight is 389 g/mol. The number of hydrogen-bond acceptors (Lipinski definition) is 3. The Balaban J connectivity index is 3.37. The predicted octanol–water partition coefficient (Wildman–Crippen LogP) is 2.92. The van der Waals surface area contributed by atoms with Crippen LogP contribution in [0.5, 0.6) is 0 Å². The predicted molar refractivity (Wildman–Crippen MR) is 80.2 cm³/mol. The molecule has 106 valence electrons. The van der Waals surface area contributed by atoms with Gasteiger partial charge in [-0.15, -0.1) is 6.58 Å². The third-order valence-electron chi connectivity index (χ3n) is 2.24. The number of hydrogen-bond donors (Lipinski definition) is 1. The van der Waals surface area contributed by atoms with E-state index >= 15 is 0 Å². The maximum absolute atomic E-state index is 12.4. The molecule has 0 saturated heterocycles. The number of halogens is 3. The van der Waals surface area contributed by atoms with Crippen molar-refractivity contribution < 1.29 is 13.5 Å². The normalized spacial score (nSPS) is 11.8. The highest BCUT2D eigenvalue weighted by atomic mass is 79.9. The molecule has 0 aromatic heterocycles. The van der Waals surface area contributed by atoms with Crippen LogP contribution in [-0.2, 0) is 10.0 Å². The summed E-state index contributed by atoms with van der Waals surface area (Å²) in [6, 6.07) is 2.90. The maximum atomic E-state index is 12.4. The van der Waals surface area contributed by atoms with Crippen molar-refractivity contribution in [3.8, 4) is 0 Å². The molecule has 0 spiro atoms. The number of aliphatic hydroxyl groups excluding tert-OH is 1. The van der Waals surface area contributed by atoms with Crippen LogP contribution in [0.1, 0.15) is 0 Å². The summed E-state index contributed by atoms with van der Waals surface area (Å²) in [6.07, 6.45) is 1.42. The van der Waals surface area contributed by atoms with Crippen LogP contribution in [0, 0.1) is 0 Å². The molecule has 0 amide bonds. The molecule has 0 aliphatic rings. The minimum absolute atomic E-state index is 0.0198. The van der Waals surface area contributed by atoms with Gasteiger partial charge >= 0.3 is 0 Å². The molecule has 0 unspecified atom stereocenters. The standard InChI is InChI=1S/C11H12BrCl2NO3S/c1-2-3-15(4-5-16)19(17,18)11-9(13)6-8(12)7-10(11)14/h2,6-7,16H,1,3-5H2. The first-order valence-electron chi connectivity index (χ1n) is 5.21. The summed E-state index contributed by atoms with van der Waals surface area (Å²) in [5, 5.41) is 8.98. The smallest absolute Gasteiger partial charge is 0.246 e. The van der Waals surface area contributed by atoms with E-state index in [0.29, 0.717) is 4.47 Å². The van der Waals surface area contributed by atoms with Crippen molar-refractivity contribution in [2.45, 2.75) is 4.90 Å². The van der Waals surface area contributed by atoms with Crippen molar-refractivity contribution >= 4 is 49.2 Å². The molecule has 0 fully saturated rings. The van der Waals surface area contributed by atoms with E-state index in [4.69, 9.17) is 28.3 Å². The molecule has 1 N–H and O–H groups in total. The van der Waals surface area contributed by atoms with Crippen LogP contribution in [0.3, 0.4) is 0 Å². The number of aliphatic hydroxyl groups is 1. The summed E-state index contributed by atoms with van der Waals surface area (Å²) in [6.45, 7) is 3.18. The van der Waals surface area contributed by atoms with Gasteiger partial charge in [0.25, 0.3) is 0 Å². The quantitative estimate of drug-likeness (QED) is 0.762. The number of benzene rings is 1. The molecule has 1 rings (SSSR count). The summed E-state index contributed by atoms with van der Waals surface area (Å²) < 4.78 is 26.5. The second-order valence-electron chi connectivity index (χ2n) is 3.57. The van der Waals surface area contributed by atoms with Crippen LogP contribution >= 0.6 is 39.1 Å². The van der Waals surface area contributed by atoms with E-state index in [0.717, 1.165) is 4.31 Å². The summed E-state index contributed by atoms with van der Waals surface area (Å²) in [5.74, 6) is 0.